The fraction of sp³-hybridized carbons (Fsp3) is 0.231. The van der Waals surface area contributed by atoms with Gasteiger partial charge in [0.1, 0.15) is 11.6 Å². The van der Waals surface area contributed by atoms with Crippen LogP contribution < -0.4 is 10.1 Å². The average Bonchev–Trinajstić information content (AvgIpc) is 3.18. The molecule has 1 unspecified atom stereocenters. The van der Waals surface area contributed by atoms with E-state index in [4.69, 9.17) is 9.72 Å². The van der Waals surface area contributed by atoms with Crippen LogP contribution in [-0.2, 0) is 17.6 Å². The number of hydrogen-bond donors (Lipinski definition) is 1. The van der Waals surface area contributed by atoms with E-state index < -0.39 is 0 Å². The highest BCUT2D eigenvalue weighted by Gasteiger charge is 2.17. The van der Waals surface area contributed by atoms with Crippen molar-refractivity contribution < 1.29 is 9.53 Å². The summed E-state index contributed by atoms with van der Waals surface area (Å²) >= 11 is 0. The maximum Gasteiger partial charge on any atom is 0.224 e. The van der Waals surface area contributed by atoms with Crippen molar-refractivity contribution in [3.05, 3.63) is 95.8 Å². The van der Waals surface area contributed by atoms with Crippen molar-refractivity contribution in [3.63, 3.8) is 0 Å². The normalized spacial score (nSPS) is 11.9. The SMILES string of the molecule is COc1ccc(CC(=O)NCCc2nc3ccccc3n2C(C)c2ccccc2)cc1. The average molecular weight is 414 g/mol. The van der Waals surface area contributed by atoms with Gasteiger partial charge in [0.25, 0.3) is 0 Å². The summed E-state index contributed by atoms with van der Waals surface area (Å²) in [7, 11) is 1.63. The molecule has 0 saturated carbocycles. The molecule has 0 saturated heterocycles. The predicted octanol–water partition coefficient (Wildman–Crippen LogP) is 4.56. The lowest BCUT2D eigenvalue weighted by atomic mass is 10.1. The smallest absolute Gasteiger partial charge is 0.224 e. The lowest BCUT2D eigenvalue weighted by Gasteiger charge is -2.18. The standard InChI is InChI=1S/C26H27N3O2/c1-19(21-8-4-3-5-9-21)29-24-11-7-6-10-23(24)28-25(29)16-17-27-26(30)18-20-12-14-22(31-2)15-13-20/h3-15,19H,16-18H2,1-2H3,(H,27,30). The van der Waals surface area contributed by atoms with E-state index in [-0.39, 0.29) is 11.9 Å². The molecule has 1 heterocycles. The number of carbonyl (C=O) groups excluding carboxylic acids is 1. The Kier molecular flexibility index (Phi) is 6.32. The molecule has 1 atom stereocenters. The summed E-state index contributed by atoms with van der Waals surface area (Å²) in [6, 6.07) is 26.3. The van der Waals surface area contributed by atoms with Crippen LogP contribution in [0.5, 0.6) is 5.75 Å². The van der Waals surface area contributed by atoms with Gasteiger partial charge in [0.05, 0.1) is 30.6 Å². The third-order valence-electron chi connectivity index (χ3n) is 5.53. The van der Waals surface area contributed by atoms with E-state index in [0.717, 1.165) is 28.2 Å². The third-order valence-corrected chi connectivity index (χ3v) is 5.53. The number of imidazole rings is 1. The van der Waals surface area contributed by atoms with Crippen molar-refractivity contribution in [1.82, 2.24) is 14.9 Å². The highest BCUT2D eigenvalue weighted by molar-refractivity contribution is 5.79. The number of hydrogen-bond acceptors (Lipinski definition) is 3. The Morgan fingerprint density at radius 2 is 1.71 bits per heavy atom. The van der Waals surface area contributed by atoms with Crippen LogP contribution in [0.15, 0.2) is 78.9 Å². The van der Waals surface area contributed by atoms with Gasteiger partial charge >= 0.3 is 0 Å². The maximum absolute atomic E-state index is 12.4. The Hall–Kier alpha value is -3.60. The van der Waals surface area contributed by atoms with E-state index in [1.807, 2.05) is 48.5 Å². The molecule has 0 fully saturated rings. The summed E-state index contributed by atoms with van der Waals surface area (Å²) in [5.74, 6) is 1.77. The van der Waals surface area contributed by atoms with Crippen molar-refractivity contribution >= 4 is 16.9 Å². The molecule has 5 nitrogen and oxygen atoms in total. The molecule has 158 valence electrons. The number of nitrogens with one attached hydrogen (secondary N) is 1. The largest absolute Gasteiger partial charge is 0.497 e. The Labute approximate surface area is 182 Å². The monoisotopic (exact) mass is 413 g/mol. The molecule has 1 aromatic heterocycles. The lowest BCUT2D eigenvalue weighted by molar-refractivity contribution is -0.120. The molecular weight excluding hydrogens is 386 g/mol. The van der Waals surface area contributed by atoms with Crippen molar-refractivity contribution in [2.24, 2.45) is 0 Å². The molecule has 31 heavy (non-hydrogen) atoms. The zero-order valence-electron chi connectivity index (χ0n) is 17.9. The van der Waals surface area contributed by atoms with Gasteiger partial charge in [-0.15, -0.1) is 0 Å². The first-order valence-corrected chi connectivity index (χ1v) is 10.6. The second-order valence-electron chi connectivity index (χ2n) is 7.60. The zero-order valence-corrected chi connectivity index (χ0v) is 17.9. The van der Waals surface area contributed by atoms with Crippen LogP contribution in [0.2, 0.25) is 0 Å². The minimum absolute atomic E-state index is 0.00364. The molecule has 5 heteroatoms. The first-order chi connectivity index (χ1) is 15.2. The quantitative estimate of drug-likeness (QED) is 0.461. The van der Waals surface area contributed by atoms with Crippen LogP contribution in [0, 0.1) is 0 Å². The highest BCUT2D eigenvalue weighted by Crippen LogP contribution is 2.26. The Balaban J connectivity index is 1.46. The number of rotatable bonds is 8. The van der Waals surface area contributed by atoms with E-state index in [0.29, 0.717) is 19.4 Å². The fourth-order valence-corrected chi connectivity index (χ4v) is 3.89. The summed E-state index contributed by atoms with van der Waals surface area (Å²) in [5, 5.41) is 3.03. The first-order valence-electron chi connectivity index (χ1n) is 10.6. The Morgan fingerprint density at radius 3 is 2.45 bits per heavy atom. The molecule has 1 N–H and O–H groups in total. The predicted molar refractivity (Wildman–Crippen MR) is 123 cm³/mol. The molecule has 0 radical (unpaired) electrons. The number of nitrogens with zero attached hydrogens (tertiary/aromatic N) is 2. The van der Waals surface area contributed by atoms with E-state index in [1.165, 1.54) is 5.56 Å². The molecule has 1 amide bonds. The van der Waals surface area contributed by atoms with Crippen LogP contribution in [0.3, 0.4) is 0 Å². The van der Waals surface area contributed by atoms with Gasteiger partial charge < -0.3 is 14.6 Å². The van der Waals surface area contributed by atoms with Crippen LogP contribution in [0.4, 0.5) is 0 Å². The Bertz CT molecular complexity index is 1150. The lowest BCUT2D eigenvalue weighted by Crippen LogP contribution is -2.28. The summed E-state index contributed by atoms with van der Waals surface area (Å²) in [5.41, 5.74) is 4.28. The number of benzene rings is 3. The van der Waals surface area contributed by atoms with Crippen LogP contribution in [0.1, 0.15) is 29.9 Å². The number of ether oxygens (including phenoxy) is 1. The van der Waals surface area contributed by atoms with Gasteiger partial charge in [-0.2, -0.15) is 0 Å². The minimum Gasteiger partial charge on any atom is -0.497 e. The summed E-state index contributed by atoms with van der Waals surface area (Å²) < 4.78 is 7.44. The number of aromatic nitrogens is 2. The van der Waals surface area contributed by atoms with E-state index in [2.05, 4.69) is 47.1 Å². The van der Waals surface area contributed by atoms with Crippen molar-refractivity contribution in [3.8, 4) is 5.75 Å². The van der Waals surface area contributed by atoms with Crippen molar-refractivity contribution in [2.75, 3.05) is 13.7 Å². The molecule has 4 rings (SSSR count). The number of carbonyl (C=O) groups is 1. The van der Waals surface area contributed by atoms with E-state index in [1.54, 1.807) is 7.11 Å². The van der Waals surface area contributed by atoms with Gasteiger partial charge in [0.2, 0.25) is 5.91 Å². The van der Waals surface area contributed by atoms with Crippen LogP contribution in [0.25, 0.3) is 11.0 Å². The topological polar surface area (TPSA) is 56.1 Å². The zero-order chi connectivity index (χ0) is 21.6. The summed E-state index contributed by atoms with van der Waals surface area (Å²) in [4.78, 5) is 17.3. The molecule has 0 spiro atoms. The number of amides is 1. The number of methoxy groups -OCH3 is 1. The van der Waals surface area contributed by atoms with Gasteiger partial charge in [0.15, 0.2) is 0 Å². The number of para-hydroxylation sites is 2. The molecule has 0 bridgehead atoms. The fourth-order valence-electron chi connectivity index (χ4n) is 3.89. The third kappa shape index (κ3) is 4.77. The van der Waals surface area contributed by atoms with Gasteiger partial charge in [0, 0.05) is 13.0 Å². The minimum atomic E-state index is 0.00364. The van der Waals surface area contributed by atoms with Gasteiger partial charge in [-0.25, -0.2) is 4.98 Å². The second kappa shape index (κ2) is 9.47. The molecule has 0 aliphatic rings. The molecule has 4 aromatic rings. The van der Waals surface area contributed by atoms with Crippen LogP contribution in [-0.4, -0.2) is 29.1 Å². The molecular formula is C26H27N3O2. The second-order valence-corrected chi connectivity index (χ2v) is 7.60. The van der Waals surface area contributed by atoms with Crippen molar-refractivity contribution in [1.29, 1.82) is 0 Å². The van der Waals surface area contributed by atoms with Crippen molar-refractivity contribution in [2.45, 2.75) is 25.8 Å². The summed E-state index contributed by atoms with van der Waals surface area (Å²) in [6.07, 6.45) is 1.01. The first kappa shape index (κ1) is 20.7. The van der Waals surface area contributed by atoms with E-state index in [9.17, 15) is 4.79 Å². The van der Waals surface area contributed by atoms with Gasteiger partial charge in [-0.3, -0.25) is 4.79 Å². The summed E-state index contributed by atoms with van der Waals surface area (Å²) in [6.45, 7) is 2.73. The number of fused-ring (bicyclic) bond motifs is 1. The van der Waals surface area contributed by atoms with Crippen LogP contribution >= 0.6 is 0 Å². The molecule has 0 aliphatic heterocycles. The maximum atomic E-state index is 12.4. The Morgan fingerprint density at radius 1 is 1.00 bits per heavy atom. The van der Waals surface area contributed by atoms with E-state index >= 15 is 0 Å². The molecule has 3 aromatic carbocycles. The van der Waals surface area contributed by atoms with Gasteiger partial charge in [-0.05, 0) is 42.3 Å². The highest BCUT2D eigenvalue weighted by atomic mass is 16.5. The molecule has 0 aliphatic carbocycles. The van der Waals surface area contributed by atoms with Gasteiger partial charge in [-0.1, -0.05) is 54.6 Å².